The summed E-state index contributed by atoms with van der Waals surface area (Å²) in [7, 11) is 0. The summed E-state index contributed by atoms with van der Waals surface area (Å²) in [6, 6.07) is 4.50. The zero-order chi connectivity index (χ0) is 14.5. The highest BCUT2D eigenvalue weighted by atomic mass is 19.1. The third-order valence-electron chi connectivity index (χ3n) is 3.44. The number of rotatable bonds is 5. The van der Waals surface area contributed by atoms with Gasteiger partial charge in [-0.3, -0.25) is 15.0 Å². The molecule has 3 N–H and O–H groups in total. The smallest absolute Gasteiger partial charge is 0.233 e. The molecule has 0 saturated carbocycles. The number of nitrogens with two attached hydrogens (primary N) is 1. The van der Waals surface area contributed by atoms with Crippen molar-refractivity contribution in [1.29, 1.82) is 0 Å². The third kappa shape index (κ3) is 3.33. The maximum absolute atomic E-state index is 13.2. The van der Waals surface area contributed by atoms with Crippen LogP contribution in [0.4, 0.5) is 10.1 Å². The molecule has 1 aliphatic heterocycles. The molecule has 2 amide bonds. The number of carbonyl (C=O) groups excluding carboxylic acids is 2. The lowest BCUT2D eigenvalue weighted by Crippen LogP contribution is -2.36. The van der Waals surface area contributed by atoms with Gasteiger partial charge in [0, 0.05) is 25.1 Å². The van der Waals surface area contributed by atoms with Crippen LogP contribution in [0.25, 0.3) is 0 Å². The molecule has 0 fully saturated rings. The van der Waals surface area contributed by atoms with E-state index in [-0.39, 0.29) is 17.6 Å². The largest absolute Gasteiger partial charge is 0.312 e. The minimum atomic E-state index is -0.280. The quantitative estimate of drug-likeness (QED) is 0.369. The van der Waals surface area contributed by atoms with Crippen LogP contribution in [0, 0.1) is 5.82 Å². The van der Waals surface area contributed by atoms with Gasteiger partial charge in [0.1, 0.15) is 5.82 Å². The molecule has 0 unspecified atom stereocenters. The fourth-order valence-electron chi connectivity index (χ4n) is 2.40. The molecule has 6 heteroatoms. The summed E-state index contributed by atoms with van der Waals surface area (Å²) in [5.41, 5.74) is 3.72. The number of nitrogens with one attached hydrogen (secondary N) is 1. The monoisotopic (exact) mass is 279 g/mol. The lowest BCUT2D eigenvalue weighted by Gasteiger charge is -2.29. The Hall–Kier alpha value is -1.95. The van der Waals surface area contributed by atoms with E-state index >= 15 is 0 Å². The first kappa shape index (κ1) is 14.5. The second kappa shape index (κ2) is 6.47. The standard InChI is InChI=1S/C14H18FN3O2/c15-11-5-6-12-10(9-11)4-7-14(20)18(12)8-2-1-3-13(19)17-16/h5-6,9H,1-4,7-8,16H2,(H,17,19). The van der Waals surface area contributed by atoms with Crippen LogP contribution in [0.5, 0.6) is 0 Å². The number of halogens is 1. The number of hydrazine groups is 1. The molecule has 0 atom stereocenters. The molecule has 1 heterocycles. The predicted octanol–water partition coefficient (Wildman–Crippen LogP) is 1.27. The fraction of sp³-hybridized carbons (Fsp3) is 0.429. The minimum absolute atomic E-state index is 0.0485. The molecular formula is C14H18FN3O2. The molecule has 0 aromatic heterocycles. The number of fused-ring (bicyclic) bond motifs is 1. The third-order valence-corrected chi connectivity index (χ3v) is 3.44. The van der Waals surface area contributed by atoms with E-state index in [0.717, 1.165) is 11.3 Å². The van der Waals surface area contributed by atoms with Crippen LogP contribution < -0.4 is 16.2 Å². The van der Waals surface area contributed by atoms with Gasteiger partial charge >= 0.3 is 0 Å². The molecule has 0 saturated heterocycles. The average molecular weight is 279 g/mol. The van der Waals surface area contributed by atoms with Crippen LogP contribution in [-0.4, -0.2) is 18.4 Å². The second-order valence-corrected chi connectivity index (χ2v) is 4.84. The summed E-state index contributed by atoms with van der Waals surface area (Å²) in [6.07, 6.45) is 2.69. The summed E-state index contributed by atoms with van der Waals surface area (Å²) in [6.45, 7) is 0.537. The molecule has 0 radical (unpaired) electrons. The molecular weight excluding hydrogens is 261 g/mol. The van der Waals surface area contributed by atoms with Gasteiger partial charge in [-0.2, -0.15) is 0 Å². The number of carbonyl (C=O) groups is 2. The zero-order valence-corrected chi connectivity index (χ0v) is 11.2. The Morgan fingerprint density at radius 2 is 2.15 bits per heavy atom. The molecule has 2 rings (SSSR count). The molecule has 1 aromatic rings. The summed E-state index contributed by atoms with van der Waals surface area (Å²) < 4.78 is 13.2. The highest BCUT2D eigenvalue weighted by Gasteiger charge is 2.23. The zero-order valence-electron chi connectivity index (χ0n) is 11.2. The van der Waals surface area contributed by atoms with Crippen LogP contribution in [0.2, 0.25) is 0 Å². The maximum atomic E-state index is 13.2. The Balaban J connectivity index is 1.97. The van der Waals surface area contributed by atoms with E-state index in [4.69, 9.17) is 5.84 Å². The van der Waals surface area contributed by atoms with Gasteiger partial charge in [0.15, 0.2) is 0 Å². The summed E-state index contributed by atoms with van der Waals surface area (Å²) in [5.74, 6) is 4.55. The van der Waals surface area contributed by atoms with Crippen molar-refractivity contribution in [2.45, 2.75) is 32.1 Å². The van der Waals surface area contributed by atoms with Gasteiger partial charge in [-0.15, -0.1) is 0 Å². The van der Waals surface area contributed by atoms with Crippen LogP contribution in [0.3, 0.4) is 0 Å². The van der Waals surface area contributed by atoms with Gasteiger partial charge in [-0.25, -0.2) is 10.2 Å². The number of nitrogens with zero attached hydrogens (tertiary/aromatic N) is 1. The van der Waals surface area contributed by atoms with E-state index in [1.54, 1.807) is 11.0 Å². The van der Waals surface area contributed by atoms with Crippen molar-refractivity contribution in [3.8, 4) is 0 Å². The van der Waals surface area contributed by atoms with E-state index < -0.39 is 0 Å². The number of hydrogen-bond acceptors (Lipinski definition) is 3. The lowest BCUT2D eigenvalue weighted by molar-refractivity contribution is -0.121. The molecule has 1 aliphatic rings. The predicted molar refractivity (Wildman–Crippen MR) is 73.3 cm³/mol. The molecule has 0 bridgehead atoms. The van der Waals surface area contributed by atoms with Gasteiger partial charge in [0.25, 0.3) is 0 Å². The number of hydrogen-bond donors (Lipinski definition) is 2. The van der Waals surface area contributed by atoms with Crippen molar-refractivity contribution >= 4 is 17.5 Å². The molecule has 20 heavy (non-hydrogen) atoms. The van der Waals surface area contributed by atoms with Gasteiger partial charge in [0.05, 0.1) is 0 Å². The average Bonchev–Trinajstić information content (AvgIpc) is 2.45. The number of amides is 2. The Morgan fingerprint density at radius 1 is 1.35 bits per heavy atom. The van der Waals surface area contributed by atoms with Crippen molar-refractivity contribution < 1.29 is 14.0 Å². The highest BCUT2D eigenvalue weighted by Crippen LogP contribution is 2.28. The molecule has 108 valence electrons. The van der Waals surface area contributed by atoms with Crippen molar-refractivity contribution in [2.75, 3.05) is 11.4 Å². The molecule has 5 nitrogen and oxygen atoms in total. The topological polar surface area (TPSA) is 75.4 Å². The number of benzene rings is 1. The SMILES string of the molecule is NNC(=O)CCCCN1C(=O)CCc2cc(F)ccc21. The summed E-state index contributed by atoms with van der Waals surface area (Å²) in [4.78, 5) is 24.6. The van der Waals surface area contributed by atoms with E-state index in [1.807, 2.05) is 0 Å². The molecule has 0 spiro atoms. The number of unbranched alkanes of at least 4 members (excludes halogenated alkanes) is 1. The first-order valence-corrected chi connectivity index (χ1v) is 6.70. The van der Waals surface area contributed by atoms with Gasteiger partial charge in [0.2, 0.25) is 11.8 Å². The maximum Gasteiger partial charge on any atom is 0.233 e. The molecule has 1 aromatic carbocycles. The first-order valence-electron chi connectivity index (χ1n) is 6.70. The van der Waals surface area contributed by atoms with E-state index in [9.17, 15) is 14.0 Å². The van der Waals surface area contributed by atoms with Gasteiger partial charge in [-0.05, 0) is 43.0 Å². The van der Waals surface area contributed by atoms with Crippen LogP contribution >= 0.6 is 0 Å². The number of aryl methyl sites for hydroxylation is 1. The summed E-state index contributed by atoms with van der Waals surface area (Å²) >= 11 is 0. The Morgan fingerprint density at radius 3 is 2.90 bits per heavy atom. The van der Waals surface area contributed by atoms with Crippen molar-refractivity contribution in [1.82, 2.24) is 5.43 Å². The Kier molecular flexibility index (Phi) is 4.68. The van der Waals surface area contributed by atoms with Crippen LogP contribution in [-0.2, 0) is 16.0 Å². The number of anilines is 1. The van der Waals surface area contributed by atoms with Crippen molar-refractivity contribution in [2.24, 2.45) is 5.84 Å². The first-order chi connectivity index (χ1) is 9.61. The van der Waals surface area contributed by atoms with Crippen molar-refractivity contribution in [3.63, 3.8) is 0 Å². The van der Waals surface area contributed by atoms with E-state index in [0.29, 0.717) is 38.6 Å². The Bertz CT molecular complexity index is 519. The minimum Gasteiger partial charge on any atom is -0.312 e. The van der Waals surface area contributed by atoms with Gasteiger partial charge < -0.3 is 4.90 Å². The van der Waals surface area contributed by atoms with Crippen LogP contribution in [0.15, 0.2) is 18.2 Å². The summed E-state index contributed by atoms with van der Waals surface area (Å²) in [5, 5.41) is 0. The molecule has 0 aliphatic carbocycles. The van der Waals surface area contributed by atoms with Gasteiger partial charge in [-0.1, -0.05) is 0 Å². The fourth-order valence-corrected chi connectivity index (χ4v) is 2.40. The Labute approximate surface area is 116 Å². The highest BCUT2D eigenvalue weighted by molar-refractivity contribution is 5.96. The van der Waals surface area contributed by atoms with E-state index in [1.165, 1.54) is 12.1 Å². The van der Waals surface area contributed by atoms with E-state index in [2.05, 4.69) is 5.43 Å². The normalized spacial score (nSPS) is 14.1. The second-order valence-electron chi connectivity index (χ2n) is 4.84. The lowest BCUT2D eigenvalue weighted by atomic mass is 10.0. The van der Waals surface area contributed by atoms with Crippen molar-refractivity contribution in [3.05, 3.63) is 29.6 Å². The van der Waals surface area contributed by atoms with Crippen LogP contribution in [0.1, 0.15) is 31.2 Å².